The number of halogens is 4. The summed E-state index contributed by atoms with van der Waals surface area (Å²) >= 11 is 5.88. The molecule has 0 saturated heterocycles. The molecule has 0 aliphatic rings. The second-order valence-electron chi connectivity index (χ2n) is 4.11. The molecule has 0 aromatic heterocycles. The Kier molecular flexibility index (Phi) is 4.18. The fraction of sp³-hybridized carbons (Fsp3) is 0.143. The fourth-order valence-electron chi connectivity index (χ4n) is 1.84. The molecule has 21 heavy (non-hydrogen) atoms. The molecule has 0 bridgehead atoms. The molecular formula is C14H10ClF3O3. The van der Waals surface area contributed by atoms with Crippen molar-refractivity contribution in [1.29, 1.82) is 0 Å². The van der Waals surface area contributed by atoms with Gasteiger partial charge in [-0.15, -0.1) is 13.2 Å². The van der Waals surface area contributed by atoms with Crippen LogP contribution in [0.3, 0.4) is 0 Å². The van der Waals surface area contributed by atoms with E-state index in [1.54, 1.807) is 12.1 Å². The number of hydrogen-bond donors (Lipinski definition) is 1. The average molecular weight is 319 g/mol. The second kappa shape index (κ2) is 5.73. The van der Waals surface area contributed by atoms with Crippen molar-refractivity contribution < 1.29 is 27.8 Å². The van der Waals surface area contributed by atoms with Gasteiger partial charge in [-0.3, -0.25) is 0 Å². The first-order valence-electron chi connectivity index (χ1n) is 5.72. The van der Waals surface area contributed by atoms with Crippen LogP contribution in [0, 0.1) is 0 Å². The third-order valence-corrected chi connectivity index (χ3v) is 2.83. The summed E-state index contributed by atoms with van der Waals surface area (Å²) in [5.74, 6) is -0.490. The molecular weight excluding hydrogens is 309 g/mol. The van der Waals surface area contributed by atoms with E-state index in [9.17, 15) is 18.3 Å². The van der Waals surface area contributed by atoms with Crippen LogP contribution in [-0.2, 0) is 0 Å². The summed E-state index contributed by atoms with van der Waals surface area (Å²) in [6, 6.07) is 7.98. The molecule has 0 unspecified atom stereocenters. The molecule has 0 atom stereocenters. The summed E-state index contributed by atoms with van der Waals surface area (Å²) in [5, 5.41) is 9.95. The summed E-state index contributed by atoms with van der Waals surface area (Å²) in [7, 11) is 1.42. The number of hydrogen-bond acceptors (Lipinski definition) is 3. The van der Waals surface area contributed by atoms with Crippen LogP contribution in [0.25, 0.3) is 11.1 Å². The Labute approximate surface area is 123 Å². The average Bonchev–Trinajstić information content (AvgIpc) is 2.35. The Bertz CT molecular complexity index is 656. The van der Waals surface area contributed by atoms with Gasteiger partial charge in [0.1, 0.15) is 17.2 Å². The zero-order chi connectivity index (χ0) is 15.6. The van der Waals surface area contributed by atoms with E-state index in [2.05, 4.69) is 4.74 Å². The highest BCUT2D eigenvalue weighted by molar-refractivity contribution is 6.31. The van der Waals surface area contributed by atoms with Crippen molar-refractivity contribution in [3.63, 3.8) is 0 Å². The number of benzene rings is 2. The van der Waals surface area contributed by atoms with E-state index in [1.807, 2.05) is 0 Å². The van der Waals surface area contributed by atoms with Crippen LogP contribution in [-0.4, -0.2) is 18.6 Å². The van der Waals surface area contributed by atoms with Crippen LogP contribution in [0.4, 0.5) is 13.2 Å². The first kappa shape index (κ1) is 15.3. The molecule has 7 heteroatoms. The monoisotopic (exact) mass is 318 g/mol. The standard InChI is InChI=1S/C14H10ClF3O3/c1-20-13-3-2-9(15)6-12(13)8-4-10(19)7-11(5-8)21-14(16,17)18/h2-7,19H,1H3. The number of aromatic hydroxyl groups is 1. The Hall–Kier alpha value is -2.08. The van der Waals surface area contributed by atoms with Crippen LogP contribution in [0.15, 0.2) is 36.4 Å². The van der Waals surface area contributed by atoms with Gasteiger partial charge in [-0.1, -0.05) is 11.6 Å². The molecule has 2 rings (SSSR count). The van der Waals surface area contributed by atoms with Crippen molar-refractivity contribution in [2.45, 2.75) is 6.36 Å². The topological polar surface area (TPSA) is 38.7 Å². The molecule has 0 aliphatic heterocycles. The van der Waals surface area contributed by atoms with E-state index in [4.69, 9.17) is 16.3 Å². The number of methoxy groups -OCH3 is 1. The molecule has 0 radical (unpaired) electrons. The number of ether oxygens (including phenoxy) is 2. The Morgan fingerprint density at radius 3 is 2.43 bits per heavy atom. The van der Waals surface area contributed by atoms with Crippen molar-refractivity contribution >= 4 is 11.6 Å². The number of rotatable bonds is 3. The first-order valence-corrected chi connectivity index (χ1v) is 6.10. The molecule has 1 N–H and O–H groups in total. The van der Waals surface area contributed by atoms with Gasteiger partial charge in [0.2, 0.25) is 0 Å². The van der Waals surface area contributed by atoms with Gasteiger partial charge in [0.15, 0.2) is 0 Å². The zero-order valence-electron chi connectivity index (χ0n) is 10.7. The van der Waals surface area contributed by atoms with Crippen molar-refractivity contribution in [2.24, 2.45) is 0 Å². The molecule has 0 aliphatic carbocycles. The first-order chi connectivity index (χ1) is 9.78. The van der Waals surface area contributed by atoms with E-state index >= 15 is 0 Å². The fourth-order valence-corrected chi connectivity index (χ4v) is 2.01. The molecule has 0 saturated carbocycles. The molecule has 0 spiro atoms. The van der Waals surface area contributed by atoms with Crippen molar-refractivity contribution in [1.82, 2.24) is 0 Å². The van der Waals surface area contributed by atoms with Gasteiger partial charge in [0.05, 0.1) is 7.11 Å². The minimum absolute atomic E-state index is 0.286. The molecule has 0 fully saturated rings. The molecule has 2 aromatic carbocycles. The predicted molar refractivity (Wildman–Crippen MR) is 71.8 cm³/mol. The largest absolute Gasteiger partial charge is 0.573 e. The van der Waals surface area contributed by atoms with Crippen LogP contribution in [0.2, 0.25) is 5.02 Å². The lowest BCUT2D eigenvalue weighted by molar-refractivity contribution is -0.274. The van der Waals surface area contributed by atoms with Crippen LogP contribution in [0.1, 0.15) is 0 Å². The van der Waals surface area contributed by atoms with Gasteiger partial charge in [-0.2, -0.15) is 0 Å². The SMILES string of the molecule is COc1ccc(Cl)cc1-c1cc(O)cc(OC(F)(F)F)c1. The van der Waals surface area contributed by atoms with E-state index in [0.717, 1.165) is 12.1 Å². The summed E-state index contributed by atoms with van der Waals surface area (Å²) < 4.78 is 45.7. The van der Waals surface area contributed by atoms with Gasteiger partial charge in [0.25, 0.3) is 0 Å². The van der Waals surface area contributed by atoms with Crippen molar-refractivity contribution in [3.05, 3.63) is 41.4 Å². The highest BCUT2D eigenvalue weighted by Gasteiger charge is 2.31. The lowest BCUT2D eigenvalue weighted by atomic mass is 10.0. The maximum absolute atomic E-state index is 12.3. The van der Waals surface area contributed by atoms with E-state index in [0.29, 0.717) is 16.3 Å². The van der Waals surface area contributed by atoms with Gasteiger partial charge in [-0.25, -0.2) is 0 Å². The smallest absolute Gasteiger partial charge is 0.508 e. The maximum atomic E-state index is 12.3. The molecule has 3 nitrogen and oxygen atoms in total. The highest BCUT2D eigenvalue weighted by atomic mass is 35.5. The van der Waals surface area contributed by atoms with Crippen molar-refractivity contribution in [3.8, 4) is 28.4 Å². The second-order valence-corrected chi connectivity index (χ2v) is 4.54. The number of phenols is 1. The Morgan fingerprint density at radius 2 is 1.81 bits per heavy atom. The summed E-state index contributed by atoms with van der Waals surface area (Å²) in [5.41, 5.74) is 0.724. The number of alkyl halides is 3. The zero-order valence-corrected chi connectivity index (χ0v) is 11.5. The van der Waals surface area contributed by atoms with Crippen LogP contribution >= 0.6 is 11.6 Å². The normalized spacial score (nSPS) is 11.3. The molecule has 0 heterocycles. The third kappa shape index (κ3) is 3.95. The lowest BCUT2D eigenvalue weighted by Gasteiger charge is -2.13. The highest BCUT2D eigenvalue weighted by Crippen LogP contribution is 2.37. The van der Waals surface area contributed by atoms with E-state index in [-0.39, 0.29) is 11.3 Å². The molecule has 112 valence electrons. The van der Waals surface area contributed by atoms with Gasteiger partial charge >= 0.3 is 6.36 Å². The number of phenolic OH excluding ortho intramolecular Hbond substituents is 1. The molecule has 0 amide bonds. The molecule has 2 aromatic rings. The summed E-state index contributed by atoms with van der Waals surface area (Å²) in [4.78, 5) is 0. The minimum Gasteiger partial charge on any atom is -0.508 e. The van der Waals surface area contributed by atoms with Gasteiger partial charge in [-0.05, 0) is 35.9 Å². The lowest BCUT2D eigenvalue weighted by Crippen LogP contribution is -2.17. The predicted octanol–water partition coefficient (Wildman–Crippen LogP) is 4.62. The summed E-state index contributed by atoms with van der Waals surface area (Å²) in [6.45, 7) is 0. The Balaban J connectivity index is 2.52. The van der Waals surface area contributed by atoms with Crippen LogP contribution in [0.5, 0.6) is 17.2 Å². The summed E-state index contributed by atoms with van der Waals surface area (Å²) in [6.07, 6.45) is -4.84. The van der Waals surface area contributed by atoms with Crippen molar-refractivity contribution in [2.75, 3.05) is 7.11 Å². The third-order valence-electron chi connectivity index (χ3n) is 2.60. The van der Waals surface area contributed by atoms with E-state index < -0.39 is 12.1 Å². The minimum atomic E-state index is -4.84. The van der Waals surface area contributed by atoms with E-state index in [1.165, 1.54) is 19.2 Å². The van der Waals surface area contributed by atoms with Gasteiger partial charge in [0, 0.05) is 16.7 Å². The quantitative estimate of drug-likeness (QED) is 0.897. The van der Waals surface area contributed by atoms with Gasteiger partial charge < -0.3 is 14.6 Å². The Morgan fingerprint density at radius 1 is 1.10 bits per heavy atom. The maximum Gasteiger partial charge on any atom is 0.573 e. The van der Waals surface area contributed by atoms with Crippen LogP contribution < -0.4 is 9.47 Å².